The Morgan fingerprint density at radius 1 is 0.720 bits per heavy atom. The smallest absolute Gasteiger partial charge is 0.336 e. The molecule has 0 amide bonds. The maximum Gasteiger partial charge on any atom is 0.336 e. The summed E-state index contributed by atoms with van der Waals surface area (Å²) in [5.74, 6) is -2.77. The molecule has 0 fully saturated rings. The maximum absolute atomic E-state index is 11.4. The Morgan fingerprint density at radius 3 is 1.32 bits per heavy atom. The lowest BCUT2D eigenvalue weighted by molar-refractivity contribution is -0.179. The van der Waals surface area contributed by atoms with Crippen LogP contribution >= 0.6 is 0 Å². The molecule has 0 bridgehead atoms. The molecule has 25 heavy (non-hydrogen) atoms. The number of rotatable bonds is 9. The van der Waals surface area contributed by atoms with Crippen LogP contribution in [-0.2, 0) is 32.3 Å². The predicted octanol–water partition coefficient (Wildman–Crippen LogP) is 1.50. The standard InChI is InChI=1S/C18H18O6.H2O/c19-17(20)15(23-11-13-7-3-1-4-8-13)16(18(21)22)24-12-14-9-5-2-6-10-14;/h1-10,15-16H,11-12H2,(H,19,20)(H,21,22);1H2. The number of benzene rings is 2. The highest BCUT2D eigenvalue weighted by Gasteiger charge is 2.36. The first kappa shape index (κ1) is 20.3. The predicted molar refractivity (Wildman–Crippen MR) is 88.9 cm³/mol. The van der Waals surface area contributed by atoms with Crippen molar-refractivity contribution in [3.63, 3.8) is 0 Å². The molecule has 0 heterocycles. The van der Waals surface area contributed by atoms with Gasteiger partial charge in [-0.05, 0) is 11.1 Å². The van der Waals surface area contributed by atoms with E-state index < -0.39 is 24.1 Å². The van der Waals surface area contributed by atoms with E-state index in [4.69, 9.17) is 9.47 Å². The first-order valence-electron chi connectivity index (χ1n) is 7.34. The molecule has 0 aliphatic rings. The third-order valence-electron chi connectivity index (χ3n) is 3.31. The fourth-order valence-electron chi connectivity index (χ4n) is 2.10. The summed E-state index contributed by atoms with van der Waals surface area (Å²) in [6.07, 6.45) is -3.21. The lowest BCUT2D eigenvalue weighted by Gasteiger charge is -2.21. The van der Waals surface area contributed by atoms with Gasteiger partial charge in [0.05, 0.1) is 13.2 Å². The molecular weight excluding hydrogens is 328 g/mol. The Labute approximate surface area is 144 Å². The summed E-state index contributed by atoms with van der Waals surface area (Å²) in [5.41, 5.74) is 1.49. The van der Waals surface area contributed by atoms with Crippen LogP contribution in [0.15, 0.2) is 60.7 Å². The quantitative estimate of drug-likeness (QED) is 0.707. The molecule has 0 aliphatic heterocycles. The average Bonchev–Trinajstić information content (AvgIpc) is 2.59. The highest BCUT2D eigenvalue weighted by Crippen LogP contribution is 2.12. The van der Waals surface area contributed by atoms with E-state index in [0.717, 1.165) is 11.1 Å². The molecule has 2 rings (SSSR count). The minimum absolute atomic E-state index is 0. The van der Waals surface area contributed by atoms with Crippen molar-refractivity contribution >= 4 is 11.9 Å². The molecule has 2 aromatic rings. The highest BCUT2D eigenvalue weighted by molar-refractivity contribution is 5.83. The molecule has 0 aromatic heterocycles. The zero-order valence-electron chi connectivity index (χ0n) is 13.4. The fourth-order valence-corrected chi connectivity index (χ4v) is 2.10. The van der Waals surface area contributed by atoms with E-state index in [1.807, 2.05) is 12.1 Å². The van der Waals surface area contributed by atoms with Gasteiger partial charge in [0.25, 0.3) is 0 Å². The van der Waals surface area contributed by atoms with Crippen LogP contribution < -0.4 is 0 Å². The Bertz CT molecular complexity index is 598. The van der Waals surface area contributed by atoms with Crippen LogP contribution in [0.25, 0.3) is 0 Å². The summed E-state index contributed by atoms with van der Waals surface area (Å²) in [6.45, 7) is -0.0352. The van der Waals surface area contributed by atoms with Gasteiger partial charge in [-0.2, -0.15) is 0 Å². The van der Waals surface area contributed by atoms with E-state index in [2.05, 4.69) is 0 Å². The zero-order chi connectivity index (χ0) is 17.4. The molecule has 4 N–H and O–H groups in total. The van der Waals surface area contributed by atoms with E-state index in [1.165, 1.54) is 0 Å². The lowest BCUT2D eigenvalue weighted by atomic mass is 10.2. The van der Waals surface area contributed by atoms with Crippen molar-refractivity contribution in [3.05, 3.63) is 71.8 Å². The molecule has 2 unspecified atom stereocenters. The molecule has 7 nitrogen and oxygen atoms in total. The second-order valence-corrected chi connectivity index (χ2v) is 5.11. The molecule has 2 atom stereocenters. The summed E-state index contributed by atoms with van der Waals surface area (Å²) in [6, 6.07) is 17.8. The average molecular weight is 348 g/mol. The molecule has 7 heteroatoms. The van der Waals surface area contributed by atoms with Crippen LogP contribution in [-0.4, -0.2) is 39.8 Å². The number of aliphatic carboxylic acids is 2. The topological polar surface area (TPSA) is 125 Å². The summed E-state index contributed by atoms with van der Waals surface area (Å²) < 4.78 is 10.6. The molecule has 134 valence electrons. The Balaban J connectivity index is 0.00000312. The van der Waals surface area contributed by atoms with Crippen molar-refractivity contribution in [2.75, 3.05) is 0 Å². The molecule has 0 saturated heterocycles. The third-order valence-corrected chi connectivity index (χ3v) is 3.31. The van der Waals surface area contributed by atoms with Gasteiger partial charge in [-0.3, -0.25) is 0 Å². The largest absolute Gasteiger partial charge is 0.479 e. The highest BCUT2D eigenvalue weighted by atomic mass is 16.6. The van der Waals surface area contributed by atoms with E-state index in [1.54, 1.807) is 48.5 Å². The fraction of sp³-hybridized carbons (Fsp3) is 0.222. The second-order valence-electron chi connectivity index (χ2n) is 5.11. The molecule has 0 saturated carbocycles. The summed E-state index contributed by atoms with van der Waals surface area (Å²) in [5, 5.41) is 18.6. The van der Waals surface area contributed by atoms with Crippen molar-refractivity contribution in [2.45, 2.75) is 25.4 Å². The molecular formula is C18H20O7. The SMILES string of the molecule is O.O=C(O)C(OCc1ccccc1)C(OCc1ccccc1)C(=O)O. The summed E-state index contributed by atoms with van der Waals surface area (Å²) in [4.78, 5) is 22.8. The van der Waals surface area contributed by atoms with Crippen molar-refractivity contribution in [3.8, 4) is 0 Å². The second kappa shape index (κ2) is 10.2. The van der Waals surface area contributed by atoms with Crippen LogP contribution in [0.4, 0.5) is 0 Å². The van der Waals surface area contributed by atoms with Gasteiger partial charge in [-0.15, -0.1) is 0 Å². The number of hydrogen-bond acceptors (Lipinski definition) is 4. The summed E-state index contributed by atoms with van der Waals surface area (Å²) in [7, 11) is 0. The first-order valence-corrected chi connectivity index (χ1v) is 7.34. The number of carboxylic acids is 2. The summed E-state index contributed by atoms with van der Waals surface area (Å²) >= 11 is 0. The Hall–Kier alpha value is -2.74. The monoisotopic (exact) mass is 348 g/mol. The molecule has 0 spiro atoms. The maximum atomic E-state index is 11.4. The normalized spacial score (nSPS) is 12.6. The van der Waals surface area contributed by atoms with Crippen molar-refractivity contribution < 1.29 is 34.8 Å². The van der Waals surface area contributed by atoms with E-state index >= 15 is 0 Å². The van der Waals surface area contributed by atoms with Gasteiger partial charge in [0, 0.05) is 0 Å². The van der Waals surface area contributed by atoms with Crippen LogP contribution in [0.2, 0.25) is 0 Å². The number of ether oxygens (including phenoxy) is 2. The minimum atomic E-state index is -1.61. The van der Waals surface area contributed by atoms with E-state index in [-0.39, 0.29) is 18.7 Å². The Kier molecular flexibility index (Phi) is 8.28. The van der Waals surface area contributed by atoms with Crippen LogP contribution in [0, 0.1) is 0 Å². The van der Waals surface area contributed by atoms with Crippen LogP contribution in [0.1, 0.15) is 11.1 Å². The number of carbonyl (C=O) groups is 2. The molecule has 2 aromatic carbocycles. The van der Waals surface area contributed by atoms with Gasteiger partial charge >= 0.3 is 11.9 Å². The van der Waals surface area contributed by atoms with Crippen molar-refractivity contribution in [2.24, 2.45) is 0 Å². The lowest BCUT2D eigenvalue weighted by Crippen LogP contribution is -2.43. The van der Waals surface area contributed by atoms with Gasteiger partial charge in [0.15, 0.2) is 12.2 Å². The van der Waals surface area contributed by atoms with E-state index in [0.29, 0.717) is 0 Å². The third kappa shape index (κ3) is 6.34. The van der Waals surface area contributed by atoms with Crippen LogP contribution in [0.3, 0.4) is 0 Å². The van der Waals surface area contributed by atoms with Gasteiger partial charge in [-0.1, -0.05) is 60.7 Å². The van der Waals surface area contributed by atoms with Gasteiger partial charge in [0.1, 0.15) is 0 Å². The molecule has 0 radical (unpaired) electrons. The van der Waals surface area contributed by atoms with Crippen LogP contribution in [0.5, 0.6) is 0 Å². The van der Waals surface area contributed by atoms with Gasteiger partial charge < -0.3 is 25.2 Å². The number of hydrogen-bond donors (Lipinski definition) is 2. The minimum Gasteiger partial charge on any atom is -0.479 e. The first-order chi connectivity index (χ1) is 11.6. The Morgan fingerprint density at radius 2 is 1.04 bits per heavy atom. The zero-order valence-corrected chi connectivity index (χ0v) is 13.4. The van der Waals surface area contributed by atoms with E-state index in [9.17, 15) is 19.8 Å². The van der Waals surface area contributed by atoms with Crippen molar-refractivity contribution in [1.82, 2.24) is 0 Å². The van der Waals surface area contributed by atoms with Gasteiger partial charge in [0.2, 0.25) is 0 Å². The molecule has 0 aliphatic carbocycles. The van der Waals surface area contributed by atoms with Gasteiger partial charge in [-0.25, -0.2) is 9.59 Å². The van der Waals surface area contributed by atoms with Crippen molar-refractivity contribution in [1.29, 1.82) is 0 Å². The number of carboxylic acid groups (broad SMARTS) is 2.